The smallest absolute Gasteiger partial charge is 0.137 e. The predicted molar refractivity (Wildman–Crippen MR) is 101 cm³/mol. The van der Waals surface area contributed by atoms with Crippen LogP contribution in [0.25, 0.3) is 16.9 Å². The van der Waals surface area contributed by atoms with Gasteiger partial charge < -0.3 is 14.9 Å². The summed E-state index contributed by atoms with van der Waals surface area (Å²) in [5.74, 6) is 2.00. The number of nitrogens with zero attached hydrogens (tertiary/aromatic N) is 2. The average Bonchev–Trinajstić information content (AvgIpc) is 3.04. The fourth-order valence-corrected chi connectivity index (χ4v) is 3.45. The van der Waals surface area contributed by atoms with Gasteiger partial charge in [-0.3, -0.25) is 0 Å². The summed E-state index contributed by atoms with van der Waals surface area (Å²) >= 11 is 1.90. The molecule has 126 valence electrons. The van der Waals surface area contributed by atoms with E-state index in [1.165, 1.54) is 17.7 Å². The van der Waals surface area contributed by atoms with Gasteiger partial charge in [-0.1, -0.05) is 13.3 Å². The molecule has 0 unspecified atom stereocenters. The number of imidazole rings is 1. The van der Waals surface area contributed by atoms with Gasteiger partial charge in [0.2, 0.25) is 0 Å². The number of aromatic nitrogens is 2. The molecule has 2 heterocycles. The van der Waals surface area contributed by atoms with E-state index in [2.05, 4.69) is 35.9 Å². The zero-order chi connectivity index (χ0) is 16.8. The molecule has 0 bridgehead atoms. The maximum atomic E-state index is 5.51. The number of rotatable bonds is 8. The molecule has 2 aromatic heterocycles. The number of hydrogen-bond donors (Lipinski definition) is 1. The number of benzene rings is 1. The van der Waals surface area contributed by atoms with Crippen molar-refractivity contribution >= 4 is 17.4 Å². The minimum Gasteiger partial charge on any atom is -0.492 e. The van der Waals surface area contributed by atoms with E-state index >= 15 is 0 Å². The molecule has 2 N–H and O–H groups in total. The minimum absolute atomic E-state index is 0.521. The maximum absolute atomic E-state index is 5.51. The van der Waals surface area contributed by atoms with Gasteiger partial charge in [0, 0.05) is 29.4 Å². The van der Waals surface area contributed by atoms with Gasteiger partial charge in [0.05, 0.1) is 5.69 Å². The van der Waals surface area contributed by atoms with Crippen LogP contribution in [0.15, 0.2) is 53.7 Å². The quantitative estimate of drug-likeness (QED) is 0.492. The van der Waals surface area contributed by atoms with Crippen LogP contribution in [0.4, 0.5) is 0 Å². The lowest BCUT2D eigenvalue weighted by molar-refractivity contribution is 0.328. The first-order chi connectivity index (χ1) is 11.8. The molecular weight excluding hydrogens is 318 g/mol. The van der Waals surface area contributed by atoms with Crippen molar-refractivity contribution in [2.24, 2.45) is 5.73 Å². The Kier molecular flexibility index (Phi) is 5.77. The molecule has 3 rings (SSSR count). The van der Waals surface area contributed by atoms with E-state index in [0.29, 0.717) is 13.2 Å². The lowest BCUT2D eigenvalue weighted by atomic mass is 10.2. The Balaban J connectivity index is 1.77. The van der Waals surface area contributed by atoms with E-state index in [0.717, 1.165) is 28.4 Å². The van der Waals surface area contributed by atoms with E-state index in [9.17, 15) is 0 Å². The molecule has 1 aromatic carbocycles. The Hall–Kier alpha value is -1.98. The maximum Gasteiger partial charge on any atom is 0.137 e. The fourth-order valence-electron chi connectivity index (χ4n) is 2.43. The summed E-state index contributed by atoms with van der Waals surface area (Å²) in [4.78, 5) is 5.99. The summed E-state index contributed by atoms with van der Waals surface area (Å²) in [6.07, 6.45) is 6.71. The van der Waals surface area contributed by atoms with Crippen LogP contribution < -0.4 is 10.5 Å². The van der Waals surface area contributed by atoms with Gasteiger partial charge in [0.25, 0.3) is 0 Å². The molecule has 0 radical (unpaired) electrons. The summed E-state index contributed by atoms with van der Waals surface area (Å²) < 4.78 is 7.61. The van der Waals surface area contributed by atoms with E-state index in [1.807, 2.05) is 36.0 Å². The van der Waals surface area contributed by atoms with Crippen molar-refractivity contribution in [3.63, 3.8) is 0 Å². The Morgan fingerprint density at radius 1 is 1.12 bits per heavy atom. The number of hydrogen-bond acceptors (Lipinski definition) is 4. The Bertz CT molecular complexity index is 783. The lowest BCUT2D eigenvalue weighted by Crippen LogP contribution is -2.10. The number of fused-ring (bicyclic) bond motifs is 1. The molecular formula is C19H23N3OS. The molecule has 4 nitrogen and oxygen atoms in total. The van der Waals surface area contributed by atoms with Crippen LogP contribution in [0.1, 0.15) is 19.8 Å². The third-order valence-electron chi connectivity index (χ3n) is 3.73. The molecule has 5 heteroatoms. The summed E-state index contributed by atoms with van der Waals surface area (Å²) in [7, 11) is 0. The summed E-state index contributed by atoms with van der Waals surface area (Å²) in [6.45, 7) is 3.28. The number of nitrogens with two attached hydrogens (primary N) is 1. The highest BCUT2D eigenvalue weighted by Crippen LogP contribution is 2.25. The molecule has 0 saturated carbocycles. The number of ether oxygens (including phenoxy) is 1. The monoisotopic (exact) mass is 341 g/mol. The second-order valence-corrected chi connectivity index (χ2v) is 6.79. The SMILES string of the molecule is CCCCSc1ccc2nc(-c3ccc(OCCN)cc3)cn2c1. The van der Waals surface area contributed by atoms with Crippen molar-refractivity contribution in [3.05, 3.63) is 48.8 Å². The van der Waals surface area contributed by atoms with Gasteiger partial charge in [-0.25, -0.2) is 4.98 Å². The predicted octanol–water partition coefficient (Wildman–Crippen LogP) is 4.23. The minimum atomic E-state index is 0.521. The van der Waals surface area contributed by atoms with Crippen molar-refractivity contribution in [2.75, 3.05) is 18.9 Å². The van der Waals surface area contributed by atoms with E-state index in [-0.39, 0.29) is 0 Å². The second-order valence-electron chi connectivity index (χ2n) is 5.62. The Morgan fingerprint density at radius 2 is 1.96 bits per heavy atom. The van der Waals surface area contributed by atoms with Crippen molar-refractivity contribution in [2.45, 2.75) is 24.7 Å². The van der Waals surface area contributed by atoms with Crippen LogP contribution >= 0.6 is 11.8 Å². The molecule has 0 atom stereocenters. The topological polar surface area (TPSA) is 52.5 Å². The Labute approximate surface area is 147 Å². The Morgan fingerprint density at radius 3 is 2.71 bits per heavy atom. The summed E-state index contributed by atoms with van der Waals surface area (Å²) in [5, 5.41) is 0. The molecule has 0 spiro atoms. The lowest BCUT2D eigenvalue weighted by Gasteiger charge is -2.04. The molecule has 0 fully saturated rings. The van der Waals surface area contributed by atoms with Crippen LogP contribution in [-0.2, 0) is 0 Å². The van der Waals surface area contributed by atoms with Gasteiger partial charge >= 0.3 is 0 Å². The number of thioether (sulfide) groups is 1. The van der Waals surface area contributed by atoms with Crippen molar-refractivity contribution in [3.8, 4) is 17.0 Å². The molecule has 0 saturated heterocycles. The third-order valence-corrected chi connectivity index (χ3v) is 4.79. The average molecular weight is 341 g/mol. The first-order valence-corrected chi connectivity index (χ1v) is 9.33. The van der Waals surface area contributed by atoms with Gasteiger partial charge in [0.1, 0.15) is 18.0 Å². The van der Waals surface area contributed by atoms with Gasteiger partial charge in [-0.15, -0.1) is 11.8 Å². The summed E-state index contributed by atoms with van der Waals surface area (Å²) in [5.41, 5.74) is 8.47. The standard InChI is InChI=1S/C19H23N3OS/c1-2-3-12-24-17-8-9-19-21-18(14-22(19)13-17)15-4-6-16(7-5-15)23-11-10-20/h4-9,13-14H,2-3,10-12,20H2,1H3. The van der Waals surface area contributed by atoms with E-state index < -0.39 is 0 Å². The third kappa shape index (κ3) is 4.10. The van der Waals surface area contributed by atoms with Crippen molar-refractivity contribution < 1.29 is 4.74 Å². The molecule has 0 aliphatic heterocycles. The zero-order valence-electron chi connectivity index (χ0n) is 13.9. The normalized spacial score (nSPS) is 11.1. The molecule has 0 aliphatic carbocycles. The van der Waals surface area contributed by atoms with Gasteiger partial charge in [-0.2, -0.15) is 0 Å². The molecule has 0 amide bonds. The fraction of sp³-hybridized carbons (Fsp3) is 0.316. The highest BCUT2D eigenvalue weighted by atomic mass is 32.2. The van der Waals surface area contributed by atoms with E-state index in [1.54, 1.807) is 0 Å². The van der Waals surface area contributed by atoms with Gasteiger partial charge in [0.15, 0.2) is 0 Å². The van der Waals surface area contributed by atoms with Gasteiger partial charge in [-0.05, 0) is 48.6 Å². The van der Waals surface area contributed by atoms with Crippen LogP contribution in [-0.4, -0.2) is 28.3 Å². The van der Waals surface area contributed by atoms with E-state index in [4.69, 9.17) is 15.5 Å². The summed E-state index contributed by atoms with van der Waals surface area (Å²) in [6, 6.07) is 12.2. The van der Waals surface area contributed by atoms with Crippen LogP contribution in [0.3, 0.4) is 0 Å². The van der Waals surface area contributed by atoms with Crippen LogP contribution in [0.5, 0.6) is 5.75 Å². The number of pyridine rings is 1. The first-order valence-electron chi connectivity index (χ1n) is 8.35. The highest BCUT2D eigenvalue weighted by molar-refractivity contribution is 7.99. The molecule has 0 aliphatic rings. The number of unbranched alkanes of at least 4 members (excludes halogenated alkanes) is 1. The molecule has 24 heavy (non-hydrogen) atoms. The zero-order valence-corrected chi connectivity index (χ0v) is 14.8. The van der Waals surface area contributed by atoms with Crippen LogP contribution in [0.2, 0.25) is 0 Å². The van der Waals surface area contributed by atoms with Crippen molar-refractivity contribution in [1.82, 2.24) is 9.38 Å². The highest BCUT2D eigenvalue weighted by Gasteiger charge is 2.06. The van der Waals surface area contributed by atoms with Crippen LogP contribution in [0, 0.1) is 0 Å². The second kappa shape index (κ2) is 8.22. The van der Waals surface area contributed by atoms with Crippen molar-refractivity contribution in [1.29, 1.82) is 0 Å². The first kappa shape index (κ1) is 16.9. The largest absolute Gasteiger partial charge is 0.492 e. The molecule has 3 aromatic rings.